The maximum atomic E-state index is 5.05. The average Bonchev–Trinajstić information content (AvgIpc) is 4.26. The van der Waals surface area contributed by atoms with Crippen molar-refractivity contribution in [3.05, 3.63) is 68.8 Å². The molecule has 4 heterocycles. The molecular formula is C76H140N8Sr2. The molecule has 0 N–H and O–H groups in total. The van der Waals surface area contributed by atoms with Gasteiger partial charge in [-0.05, 0) is 142 Å². The molecule has 0 atom stereocenters. The maximum absolute atomic E-state index is 5.05. The number of rotatable bonds is 28. The zero-order chi connectivity index (χ0) is 65.9. The van der Waals surface area contributed by atoms with Crippen molar-refractivity contribution in [2.75, 3.05) is 0 Å². The standard InChI is InChI=1S/4C19H35N2.2Sr/c4*1-10-13-19(8,9)16-20-14(17(4,5)11-2)15(21-16)18(6,7)12-3;;/h4*10-13H2,1-9H3;;/q4*-1;2*+2. The molecule has 4 rings (SSSR count). The van der Waals surface area contributed by atoms with Crippen LogP contribution in [0.1, 0.15) is 421 Å². The van der Waals surface area contributed by atoms with Crippen LogP contribution in [0.5, 0.6) is 0 Å². The SMILES string of the molecule is CCCC(C)(C)c1nc(C(C)(C)CC)c(C(C)(C)CC)[n-]1.CCCC(C)(C)c1nc(C(C)(C)CC)c(C(C)(C)CC)[n-]1.CCCC(C)(C)c1nc(C(C)(C)CC)c(C(C)(C)CC)[n-]1.CCCC(C)(C)c1nc(C(C)(C)CC)c(C(C)(C)CC)[n-]1.[Sr+2].[Sr+2]. The van der Waals surface area contributed by atoms with E-state index in [9.17, 15) is 0 Å². The molecule has 0 fully saturated rings. The van der Waals surface area contributed by atoms with Crippen molar-refractivity contribution < 1.29 is 0 Å². The minimum atomic E-state index is 0. The number of imidazole rings is 4. The Morgan fingerprint density at radius 3 is 0.442 bits per heavy atom. The van der Waals surface area contributed by atoms with Crippen LogP contribution in [-0.4, -0.2) is 111 Å². The van der Waals surface area contributed by atoms with Crippen LogP contribution >= 0.6 is 0 Å². The first kappa shape index (κ1) is 87.9. The van der Waals surface area contributed by atoms with Crippen LogP contribution in [-0.2, 0) is 65.0 Å². The Morgan fingerprint density at radius 1 is 0.209 bits per heavy atom. The van der Waals surface area contributed by atoms with Gasteiger partial charge < -0.3 is 39.9 Å². The van der Waals surface area contributed by atoms with Crippen molar-refractivity contribution in [3.8, 4) is 0 Å². The molecule has 0 amide bonds. The summed E-state index contributed by atoms with van der Waals surface area (Å²) in [5.74, 6) is 4.16. The van der Waals surface area contributed by atoms with E-state index in [0.29, 0.717) is 0 Å². The molecule has 0 saturated heterocycles. The molecule has 0 radical (unpaired) electrons. The first-order valence-electron chi connectivity index (χ1n) is 34.3. The minimum absolute atomic E-state index is 0. The summed E-state index contributed by atoms with van der Waals surface area (Å²) in [7, 11) is 0. The maximum Gasteiger partial charge on any atom is 2.00 e. The van der Waals surface area contributed by atoms with Crippen LogP contribution in [0, 0.1) is 0 Å². The summed E-state index contributed by atoms with van der Waals surface area (Å²) in [5, 5.41) is 0. The third kappa shape index (κ3) is 22.5. The summed E-state index contributed by atoms with van der Waals surface area (Å²) in [6, 6.07) is 0. The van der Waals surface area contributed by atoms with Gasteiger partial charge in [0, 0.05) is 0 Å². The summed E-state index contributed by atoms with van der Waals surface area (Å²) in [4.78, 5) is 40.4. The Labute approximate surface area is 609 Å². The summed E-state index contributed by atoms with van der Waals surface area (Å²) in [6.45, 7) is 81.8. The molecule has 4 aromatic heterocycles. The monoisotopic (exact) mass is 1340 g/mol. The van der Waals surface area contributed by atoms with Gasteiger partial charge in [0.25, 0.3) is 0 Å². The van der Waals surface area contributed by atoms with Crippen LogP contribution in [0.3, 0.4) is 0 Å². The summed E-state index contributed by atoms with van der Waals surface area (Å²) >= 11 is 0. The molecule has 8 nitrogen and oxygen atoms in total. The third-order valence-electron chi connectivity index (χ3n) is 20.8. The van der Waals surface area contributed by atoms with E-state index in [1.807, 2.05) is 0 Å². The van der Waals surface area contributed by atoms with Gasteiger partial charge in [-0.25, -0.2) is 0 Å². The fourth-order valence-corrected chi connectivity index (χ4v) is 10.6. The van der Waals surface area contributed by atoms with Crippen LogP contribution < -0.4 is 19.9 Å². The second-order valence-corrected chi connectivity index (χ2v) is 33.4. The van der Waals surface area contributed by atoms with Crippen molar-refractivity contribution in [1.82, 2.24) is 39.9 Å². The van der Waals surface area contributed by atoms with Gasteiger partial charge in [0.15, 0.2) is 0 Å². The molecular weight excluding hydrogens is 1200 g/mol. The van der Waals surface area contributed by atoms with Gasteiger partial charge in [-0.1, -0.05) is 344 Å². The van der Waals surface area contributed by atoms with Crippen molar-refractivity contribution in [2.45, 2.75) is 417 Å². The van der Waals surface area contributed by atoms with Gasteiger partial charge in [-0.2, -0.15) is 0 Å². The molecule has 4 aromatic rings. The molecule has 488 valence electrons. The third-order valence-corrected chi connectivity index (χ3v) is 20.8. The Bertz CT molecular complexity index is 2090. The topological polar surface area (TPSA) is 108 Å². The normalized spacial score (nSPS) is 13.4. The molecule has 0 aliphatic rings. The minimum Gasteiger partial charge on any atom is -0.442 e. The van der Waals surface area contributed by atoms with E-state index >= 15 is 0 Å². The van der Waals surface area contributed by atoms with Gasteiger partial charge in [-0.3, -0.25) is 0 Å². The number of aromatic nitrogens is 8. The Balaban J connectivity index is 0. The first-order valence-corrected chi connectivity index (χ1v) is 34.3. The fourth-order valence-electron chi connectivity index (χ4n) is 10.6. The second kappa shape index (κ2) is 34.3. The predicted octanol–water partition coefficient (Wildman–Crippen LogP) is 21.2. The van der Waals surface area contributed by atoms with Crippen molar-refractivity contribution in [2.24, 2.45) is 0 Å². The van der Waals surface area contributed by atoms with Gasteiger partial charge in [0.1, 0.15) is 0 Å². The molecule has 0 saturated carbocycles. The predicted molar refractivity (Wildman–Crippen MR) is 380 cm³/mol. The molecule has 10 heteroatoms. The smallest absolute Gasteiger partial charge is 0.442 e. The van der Waals surface area contributed by atoms with Crippen LogP contribution in [0.15, 0.2) is 0 Å². The summed E-state index contributed by atoms with van der Waals surface area (Å²) < 4.78 is 0. The van der Waals surface area contributed by atoms with Crippen molar-refractivity contribution in [3.63, 3.8) is 0 Å². The largest absolute Gasteiger partial charge is 2.00 e. The van der Waals surface area contributed by atoms with Crippen LogP contribution in [0.4, 0.5) is 0 Å². The van der Waals surface area contributed by atoms with Crippen LogP contribution in [0.25, 0.3) is 0 Å². The van der Waals surface area contributed by atoms with Crippen molar-refractivity contribution in [1.29, 1.82) is 0 Å². The summed E-state index contributed by atoms with van der Waals surface area (Å²) in [5.41, 5.74) is 10.7. The Hall–Kier alpha value is -0.199. The van der Waals surface area contributed by atoms with Crippen LogP contribution in [0.2, 0.25) is 0 Å². The zero-order valence-corrected chi connectivity index (χ0v) is 71.3. The zero-order valence-electron chi connectivity index (χ0n) is 64.3. The second-order valence-electron chi connectivity index (χ2n) is 33.4. The fraction of sp³-hybridized carbons (Fsp3) is 0.842. The number of hydrogen-bond acceptors (Lipinski definition) is 4. The molecule has 0 unspecified atom stereocenters. The van der Waals surface area contributed by atoms with E-state index in [1.54, 1.807) is 0 Å². The quantitative estimate of drug-likeness (QED) is 0.0518. The van der Waals surface area contributed by atoms with E-state index in [2.05, 4.69) is 249 Å². The average molecular weight is 1340 g/mol. The molecule has 86 heavy (non-hydrogen) atoms. The van der Waals surface area contributed by atoms with E-state index in [1.165, 1.54) is 71.2 Å². The van der Waals surface area contributed by atoms with E-state index < -0.39 is 0 Å². The van der Waals surface area contributed by atoms with Gasteiger partial charge in [-0.15, -0.1) is 0 Å². The van der Waals surface area contributed by atoms with E-state index in [0.717, 1.165) is 100 Å². The van der Waals surface area contributed by atoms with E-state index in [-0.39, 0.29) is 156 Å². The first-order chi connectivity index (χ1) is 38.1. The molecule has 0 bridgehead atoms. The Morgan fingerprint density at radius 2 is 0.337 bits per heavy atom. The summed E-state index contributed by atoms with van der Waals surface area (Å²) in [6.07, 6.45) is 17.9. The number of hydrogen-bond donors (Lipinski definition) is 0. The van der Waals surface area contributed by atoms with Gasteiger partial charge >= 0.3 is 91.0 Å². The van der Waals surface area contributed by atoms with Gasteiger partial charge in [0.05, 0.1) is 0 Å². The van der Waals surface area contributed by atoms with E-state index in [4.69, 9.17) is 39.9 Å². The van der Waals surface area contributed by atoms with Gasteiger partial charge in [0.2, 0.25) is 0 Å². The molecule has 0 aliphatic carbocycles. The molecule has 0 spiro atoms. The van der Waals surface area contributed by atoms with Crippen molar-refractivity contribution >= 4 is 91.0 Å². The Kier molecular flexibility index (Phi) is 35.0. The number of nitrogens with zero attached hydrogens (tertiary/aromatic N) is 8. The molecule has 0 aliphatic heterocycles. The molecule has 0 aromatic carbocycles.